The zero-order valence-corrected chi connectivity index (χ0v) is 14.3. The van der Waals surface area contributed by atoms with Crippen molar-refractivity contribution in [2.24, 2.45) is 0 Å². The summed E-state index contributed by atoms with van der Waals surface area (Å²) in [5, 5.41) is 11.9. The number of thioether (sulfide) groups is 1. The summed E-state index contributed by atoms with van der Waals surface area (Å²) in [6.07, 6.45) is 1.94. The second-order valence-corrected chi connectivity index (χ2v) is 7.56. The Labute approximate surface area is 148 Å². The summed E-state index contributed by atoms with van der Waals surface area (Å²) in [6, 6.07) is 24.7. The molecule has 0 aliphatic carbocycles. The normalized spacial score (nSPS) is 11.7. The van der Waals surface area contributed by atoms with E-state index in [1.54, 1.807) is 11.3 Å². The molecule has 1 heterocycles. The van der Waals surface area contributed by atoms with E-state index in [4.69, 9.17) is 0 Å². The number of hydrogen-bond acceptors (Lipinski definition) is 4. The van der Waals surface area contributed by atoms with E-state index in [-0.39, 0.29) is 0 Å². The SMILES string of the molecule is N#C/C(=C\c1cccc2ccccc12)Sc1nc2ccccc2s1. The molecule has 0 fully saturated rings. The molecule has 0 bridgehead atoms. The molecule has 0 aliphatic rings. The monoisotopic (exact) mass is 344 g/mol. The molecule has 0 atom stereocenters. The minimum absolute atomic E-state index is 0.644. The topological polar surface area (TPSA) is 36.7 Å². The van der Waals surface area contributed by atoms with Gasteiger partial charge in [-0.2, -0.15) is 5.26 Å². The van der Waals surface area contributed by atoms with Crippen LogP contribution in [-0.4, -0.2) is 4.98 Å². The second kappa shape index (κ2) is 6.48. The van der Waals surface area contributed by atoms with Crippen LogP contribution in [0.3, 0.4) is 0 Å². The van der Waals surface area contributed by atoms with Crippen LogP contribution in [0, 0.1) is 11.3 Å². The zero-order chi connectivity index (χ0) is 16.4. The Morgan fingerprint density at radius 3 is 2.67 bits per heavy atom. The van der Waals surface area contributed by atoms with E-state index in [1.807, 2.05) is 48.5 Å². The number of fused-ring (bicyclic) bond motifs is 2. The van der Waals surface area contributed by atoms with Crippen molar-refractivity contribution in [2.45, 2.75) is 4.34 Å². The van der Waals surface area contributed by atoms with Gasteiger partial charge in [0.15, 0.2) is 4.34 Å². The number of nitriles is 1. The van der Waals surface area contributed by atoms with Gasteiger partial charge in [0.2, 0.25) is 0 Å². The Morgan fingerprint density at radius 2 is 1.79 bits per heavy atom. The quantitative estimate of drug-likeness (QED) is 0.332. The van der Waals surface area contributed by atoms with E-state index in [1.165, 1.54) is 17.1 Å². The molecule has 3 aromatic carbocycles. The average Bonchev–Trinajstić information content (AvgIpc) is 3.03. The first-order valence-electron chi connectivity index (χ1n) is 7.46. The number of para-hydroxylation sites is 1. The van der Waals surface area contributed by atoms with Gasteiger partial charge in [0.05, 0.1) is 15.1 Å². The molecule has 4 heteroatoms. The Balaban J connectivity index is 1.72. The summed E-state index contributed by atoms with van der Waals surface area (Å²) in [7, 11) is 0. The van der Waals surface area contributed by atoms with Gasteiger partial charge in [-0.3, -0.25) is 0 Å². The third-order valence-corrected chi connectivity index (χ3v) is 5.72. The summed E-state index contributed by atoms with van der Waals surface area (Å²) >= 11 is 3.04. The zero-order valence-electron chi connectivity index (χ0n) is 12.6. The van der Waals surface area contributed by atoms with Gasteiger partial charge in [-0.25, -0.2) is 4.98 Å². The van der Waals surface area contributed by atoms with Crippen molar-refractivity contribution in [3.8, 4) is 6.07 Å². The molecule has 24 heavy (non-hydrogen) atoms. The lowest BCUT2D eigenvalue weighted by atomic mass is 10.0. The van der Waals surface area contributed by atoms with Crippen molar-refractivity contribution in [1.82, 2.24) is 4.98 Å². The third kappa shape index (κ3) is 2.92. The first kappa shape index (κ1) is 14.9. The molecule has 0 radical (unpaired) electrons. The number of aromatic nitrogens is 1. The van der Waals surface area contributed by atoms with Crippen molar-refractivity contribution in [3.63, 3.8) is 0 Å². The van der Waals surface area contributed by atoms with Crippen LogP contribution < -0.4 is 0 Å². The molecule has 0 spiro atoms. The molecule has 4 rings (SSSR count). The van der Waals surface area contributed by atoms with Crippen LogP contribution in [-0.2, 0) is 0 Å². The highest BCUT2D eigenvalue weighted by Gasteiger charge is 2.08. The van der Waals surface area contributed by atoms with Crippen LogP contribution >= 0.6 is 23.1 Å². The minimum atomic E-state index is 0.644. The maximum absolute atomic E-state index is 9.53. The number of allylic oxidation sites excluding steroid dienone is 1. The van der Waals surface area contributed by atoms with Crippen LogP contribution in [0.15, 0.2) is 76.0 Å². The number of hydrogen-bond donors (Lipinski definition) is 0. The summed E-state index contributed by atoms with van der Waals surface area (Å²) < 4.78 is 2.03. The third-order valence-electron chi connectivity index (χ3n) is 3.69. The van der Waals surface area contributed by atoms with E-state index in [2.05, 4.69) is 35.3 Å². The molecule has 2 nitrogen and oxygen atoms in total. The Morgan fingerprint density at radius 1 is 1.00 bits per heavy atom. The fourth-order valence-electron chi connectivity index (χ4n) is 2.59. The van der Waals surface area contributed by atoms with Gasteiger partial charge < -0.3 is 0 Å². The Bertz CT molecular complexity index is 1060. The number of nitrogens with zero attached hydrogens (tertiary/aromatic N) is 2. The second-order valence-electron chi connectivity index (χ2n) is 5.24. The highest BCUT2D eigenvalue weighted by atomic mass is 32.2. The number of thiazole rings is 1. The molecule has 0 saturated heterocycles. The Hall–Kier alpha value is -2.61. The fraction of sp³-hybridized carbons (Fsp3) is 0. The van der Waals surface area contributed by atoms with Crippen molar-refractivity contribution >= 4 is 50.2 Å². The molecule has 0 N–H and O–H groups in total. The lowest BCUT2D eigenvalue weighted by molar-refractivity contribution is 1.31. The lowest BCUT2D eigenvalue weighted by Gasteiger charge is -2.02. The van der Waals surface area contributed by atoms with Crippen LogP contribution in [0.25, 0.3) is 27.1 Å². The minimum Gasteiger partial charge on any atom is -0.229 e. The highest BCUT2D eigenvalue weighted by molar-refractivity contribution is 8.05. The number of benzene rings is 3. The standard InChI is InChI=1S/C20H12N2S2/c21-13-16(23-20-22-18-10-3-4-11-19(18)24-20)12-15-8-5-7-14-6-1-2-9-17(14)15/h1-12H/b16-12+. The summed E-state index contributed by atoms with van der Waals surface area (Å²) in [5.74, 6) is 0. The van der Waals surface area contributed by atoms with E-state index in [0.29, 0.717) is 4.91 Å². The first-order valence-corrected chi connectivity index (χ1v) is 9.10. The molecule has 114 valence electrons. The van der Waals surface area contributed by atoms with Gasteiger partial charge in [-0.15, -0.1) is 11.3 Å². The summed E-state index contributed by atoms with van der Waals surface area (Å²) in [5.41, 5.74) is 2.03. The van der Waals surface area contributed by atoms with Gasteiger partial charge in [0.25, 0.3) is 0 Å². The van der Waals surface area contributed by atoms with Crippen LogP contribution in [0.5, 0.6) is 0 Å². The molecule has 4 aromatic rings. The predicted molar refractivity (Wildman–Crippen MR) is 103 cm³/mol. The maximum atomic E-state index is 9.53. The van der Waals surface area contributed by atoms with E-state index >= 15 is 0 Å². The summed E-state index contributed by atoms with van der Waals surface area (Å²) in [6.45, 7) is 0. The predicted octanol–water partition coefficient (Wildman–Crippen LogP) is 6.11. The van der Waals surface area contributed by atoms with Crippen molar-refractivity contribution in [2.75, 3.05) is 0 Å². The van der Waals surface area contributed by atoms with Gasteiger partial charge in [0, 0.05) is 0 Å². The van der Waals surface area contributed by atoms with Crippen LogP contribution in [0.2, 0.25) is 0 Å². The van der Waals surface area contributed by atoms with Crippen molar-refractivity contribution < 1.29 is 0 Å². The van der Waals surface area contributed by atoms with Gasteiger partial charge in [0.1, 0.15) is 6.07 Å². The van der Waals surface area contributed by atoms with Gasteiger partial charge in [-0.1, -0.05) is 54.6 Å². The van der Waals surface area contributed by atoms with E-state index in [0.717, 1.165) is 25.5 Å². The fourth-order valence-corrected chi connectivity index (χ4v) is 4.56. The van der Waals surface area contributed by atoms with E-state index < -0.39 is 0 Å². The maximum Gasteiger partial charge on any atom is 0.156 e. The molecule has 0 unspecified atom stereocenters. The van der Waals surface area contributed by atoms with Crippen molar-refractivity contribution in [3.05, 3.63) is 77.2 Å². The van der Waals surface area contributed by atoms with Gasteiger partial charge in [-0.05, 0) is 46.3 Å². The van der Waals surface area contributed by atoms with Crippen molar-refractivity contribution in [1.29, 1.82) is 5.26 Å². The van der Waals surface area contributed by atoms with E-state index in [9.17, 15) is 5.26 Å². The molecular formula is C20H12N2S2. The molecular weight excluding hydrogens is 332 g/mol. The summed E-state index contributed by atoms with van der Waals surface area (Å²) in [4.78, 5) is 5.24. The average molecular weight is 344 g/mol. The molecule has 0 saturated carbocycles. The Kier molecular flexibility index (Phi) is 4.04. The first-order chi connectivity index (χ1) is 11.8. The van der Waals surface area contributed by atoms with Gasteiger partial charge >= 0.3 is 0 Å². The molecule has 0 aliphatic heterocycles. The highest BCUT2D eigenvalue weighted by Crippen LogP contribution is 2.35. The number of rotatable bonds is 3. The van der Waals surface area contributed by atoms with Crippen LogP contribution in [0.4, 0.5) is 0 Å². The lowest BCUT2D eigenvalue weighted by Crippen LogP contribution is -1.80. The molecule has 0 amide bonds. The smallest absolute Gasteiger partial charge is 0.156 e. The largest absolute Gasteiger partial charge is 0.229 e. The van der Waals surface area contributed by atoms with Crippen LogP contribution in [0.1, 0.15) is 5.56 Å². The molecule has 1 aromatic heterocycles.